The summed E-state index contributed by atoms with van der Waals surface area (Å²) in [4.78, 5) is -0.562. The Balaban J connectivity index is 2.48. The Kier molecular flexibility index (Phi) is 5.04. The number of allylic oxidation sites excluding steroid dienone is 1. The number of hydrogen-bond donors (Lipinski definition) is 0. The molecular weight excluding hydrogens is 341 g/mol. The Morgan fingerprint density at radius 3 is 2.43 bits per heavy atom. The van der Waals surface area contributed by atoms with Crippen LogP contribution in [0.4, 0.5) is 4.39 Å². The molecule has 0 unspecified atom stereocenters. The van der Waals surface area contributed by atoms with Gasteiger partial charge >= 0.3 is 0 Å². The molecule has 2 aromatic carbocycles. The summed E-state index contributed by atoms with van der Waals surface area (Å²) < 4.78 is 43.3. The van der Waals surface area contributed by atoms with Crippen molar-refractivity contribution in [1.29, 1.82) is 5.26 Å². The number of nitrogens with zero attached hydrogens (tertiary/aromatic N) is 1. The summed E-state index contributed by atoms with van der Waals surface area (Å²) in [5, 5.41) is 9.55. The highest BCUT2D eigenvalue weighted by atomic mass is 35.5. The van der Waals surface area contributed by atoms with Crippen molar-refractivity contribution in [3.05, 3.63) is 63.8 Å². The van der Waals surface area contributed by atoms with Gasteiger partial charge in [0.2, 0.25) is 9.84 Å². The van der Waals surface area contributed by atoms with E-state index < -0.39 is 20.6 Å². The number of halogens is 2. The smallest absolute Gasteiger partial charge is 0.216 e. The molecule has 0 fully saturated rings. The van der Waals surface area contributed by atoms with Gasteiger partial charge in [0.05, 0.1) is 12.0 Å². The molecule has 0 aliphatic carbocycles. The van der Waals surface area contributed by atoms with Gasteiger partial charge in [0, 0.05) is 5.02 Å². The van der Waals surface area contributed by atoms with Gasteiger partial charge in [-0.15, -0.1) is 0 Å². The van der Waals surface area contributed by atoms with Crippen molar-refractivity contribution in [2.45, 2.75) is 4.90 Å². The third-order valence-corrected chi connectivity index (χ3v) is 4.93. The number of nitriles is 1. The SMILES string of the molecule is COc1ccc(C=C(C#N)S(=O)(=O)c2ccc(Cl)cc2)cc1F. The van der Waals surface area contributed by atoms with E-state index >= 15 is 0 Å². The van der Waals surface area contributed by atoms with E-state index in [-0.39, 0.29) is 16.2 Å². The Labute approximate surface area is 138 Å². The van der Waals surface area contributed by atoms with Gasteiger partial charge in [-0.3, -0.25) is 0 Å². The quantitative estimate of drug-likeness (QED) is 0.785. The molecule has 7 heteroatoms. The van der Waals surface area contributed by atoms with Crippen LogP contribution in [0.25, 0.3) is 6.08 Å². The van der Waals surface area contributed by atoms with Crippen LogP contribution in [0.5, 0.6) is 5.75 Å². The molecule has 0 spiro atoms. The van der Waals surface area contributed by atoms with Crippen molar-refractivity contribution >= 4 is 27.5 Å². The number of methoxy groups -OCH3 is 1. The van der Waals surface area contributed by atoms with Crippen LogP contribution < -0.4 is 4.74 Å². The molecule has 0 amide bonds. The van der Waals surface area contributed by atoms with Gasteiger partial charge in [0.15, 0.2) is 11.6 Å². The lowest BCUT2D eigenvalue weighted by Crippen LogP contribution is -2.03. The van der Waals surface area contributed by atoms with Gasteiger partial charge in [0.25, 0.3) is 0 Å². The molecule has 0 heterocycles. The maximum absolute atomic E-state index is 13.7. The molecule has 0 N–H and O–H groups in total. The predicted octanol–water partition coefficient (Wildman–Crippen LogP) is 3.83. The molecule has 0 saturated carbocycles. The Morgan fingerprint density at radius 2 is 1.91 bits per heavy atom. The second-order valence-electron chi connectivity index (χ2n) is 4.47. The normalized spacial score (nSPS) is 11.8. The van der Waals surface area contributed by atoms with Crippen LogP contribution in [-0.2, 0) is 9.84 Å². The molecule has 0 bridgehead atoms. The lowest BCUT2D eigenvalue weighted by Gasteiger charge is -2.05. The first-order valence-electron chi connectivity index (χ1n) is 6.34. The van der Waals surface area contributed by atoms with Crippen LogP contribution in [0, 0.1) is 17.1 Å². The van der Waals surface area contributed by atoms with Crippen molar-refractivity contribution in [3.8, 4) is 11.8 Å². The molecule has 2 aromatic rings. The first kappa shape index (κ1) is 17.0. The lowest BCUT2D eigenvalue weighted by molar-refractivity contribution is 0.386. The summed E-state index contributed by atoms with van der Waals surface area (Å²) in [6.07, 6.45) is 1.10. The first-order chi connectivity index (χ1) is 10.9. The fourth-order valence-electron chi connectivity index (χ4n) is 1.83. The fourth-order valence-corrected chi connectivity index (χ4v) is 3.12. The van der Waals surface area contributed by atoms with E-state index in [4.69, 9.17) is 21.6 Å². The van der Waals surface area contributed by atoms with E-state index in [2.05, 4.69) is 0 Å². The minimum absolute atomic E-state index is 0.0289. The molecule has 0 aromatic heterocycles. The maximum atomic E-state index is 13.7. The average molecular weight is 352 g/mol. The number of hydrogen-bond acceptors (Lipinski definition) is 4. The van der Waals surface area contributed by atoms with E-state index in [9.17, 15) is 12.8 Å². The molecule has 0 radical (unpaired) electrons. The van der Waals surface area contributed by atoms with Crippen molar-refractivity contribution in [3.63, 3.8) is 0 Å². The van der Waals surface area contributed by atoms with Gasteiger partial charge in [-0.25, -0.2) is 12.8 Å². The van der Waals surface area contributed by atoms with Gasteiger partial charge in [-0.05, 0) is 48.0 Å². The highest BCUT2D eigenvalue weighted by Crippen LogP contribution is 2.24. The van der Waals surface area contributed by atoms with Gasteiger partial charge in [-0.1, -0.05) is 17.7 Å². The van der Waals surface area contributed by atoms with Crippen LogP contribution in [0.3, 0.4) is 0 Å². The third-order valence-electron chi connectivity index (χ3n) is 3.00. The standard InChI is InChI=1S/C16H11ClFNO3S/c1-22-16-7-2-11(9-15(16)18)8-14(10-19)23(20,21)13-5-3-12(17)4-6-13/h2-9H,1H3. The van der Waals surface area contributed by atoms with E-state index in [1.54, 1.807) is 6.07 Å². The number of benzene rings is 2. The topological polar surface area (TPSA) is 67.2 Å². The molecule has 0 aliphatic rings. The molecule has 0 aliphatic heterocycles. The van der Waals surface area contributed by atoms with Crippen LogP contribution in [0.15, 0.2) is 52.3 Å². The summed E-state index contributed by atoms with van der Waals surface area (Å²) in [7, 11) is -2.69. The van der Waals surface area contributed by atoms with E-state index in [1.807, 2.05) is 0 Å². The summed E-state index contributed by atoms with van der Waals surface area (Å²) in [6, 6.07) is 11.0. The zero-order valence-corrected chi connectivity index (χ0v) is 13.5. The minimum Gasteiger partial charge on any atom is -0.494 e. The number of rotatable bonds is 4. The molecule has 118 valence electrons. The monoisotopic (exact) mass is 351 g/mol. The van der Waals surface area contributed by atoms with Crippen LogP contribution in [0.2, 0.25) is 5.02 Å². The lowest BCUT2D eigenvalue weighted by atomic mass is 10.2. The van der Waals surface area contributed by atoms with E-state index in [0.29, 0.717) is 5.02 Å². The maximum Gasteiger partial charge on any atom is 0.216 e. The van der Waals surface area contributed by atoms with E-state index in [0.717, 1.165) is 12.1 Å². The highest BCUT2D eigenvalue weighted by molar-refractivity contribution is 7.95. The largest absolute Gasteiger partial charge is 0.494 e. The van der Waals surface area contributed by atoms with Gasteiger partial charge in [-0.2, -0.15) is 5.26 Å². The fraction of sp³-hybridized carbons (Fsp3) is 0.0625. The van der Waals surface area contributed by atoms with Gasteiger partial charge in [0.1, 0.15) is 11.0 Å². The van der Waals surface area contributed by atoms with Crippen molar-refractivity contribution in [2.24, 2.45) is 0 Å². The summed E-state index contributed by atoms with van der Waals surface area (Å²) >= 11 is 5.72. The summed E-state index contributed by atoms with van der Waals surface area (Å²) in [5.41, 5.74) is 0.234. The highest BCUT2D eigenvalue weighted by Gasteiger charge is 2.20. The van der Waals surface area contributed by atoms with Crippen molar-refractivity contribution in [1.82, 2.24) is 0 Å². The van der Waals surface area contributed by atoms with Crippen LogP contribution in [0.1, 0.15) is 5.56 Å². The Hall–Kier alpha value is -2.36. The van der Waals surface area contributed by atoms with Crippen LogP contribution in [-0.4, -0.2) is 15.5 Å². The summed E-state index contributed by atoms with van der Waals surface area (Å²) in [6.45, 7) is 0. The third kappa shape index (κ3) is 3.70. The molecular formula is C16H11ClFNO3S. The van der Waals surface area contributed by atoms with E-state index in [1.165, 1.54) is 43.5 Å². The molecule has 0 saturated heterocycles. The second kappa shape index (κ2) is 6.82. The zero-order chi connectivity index (χ0) is 17.0. The predicted molar refractivity (Wildman–Crippen MR) is 85.2 cm³/mol. The molecule has 4 nitrogen and oxygen atoms in total. The minimum atomic E-state index is -4.01. The second-order valence-corrected chi connectivity index (χ2v) is 6.83. The number of ether oxygens (including phenoxy) is 1. The van der Waals surface area contributed by atoms with Crippen LogP contribution >= 0.6 is 11.6 Å². The number of sulfone groups is 1. The molecule has 23 heavy (non-hydrogen) atoms. The van der Waals surface area contributed by atoms with Crippen molar-refractivity contribution < 1.29 is 17.5 Å². The molecule has 0 atom stereocenters. The Bertz CT molecular complexity index is 900. The average Bonchev–Trinajstić information content (AvgIpc) is 2.53. The van der Waals surface area contributed by atoms with Crippen molar-refractivity contribution in [2.75, 3.05) is 7.11 Å². The molecule has 2 rings (SSSR count). The van der Waals surface area contributed by atoms with Gasteiger partial charge < -0.3 is 4.74 Å². The summed E-state index contributed by atoms with van der Waals surface area (Å²) in [5.74, 6) is -0.622. The zero-order valence-electron chi connectivity index (χ0n) is 12.0. The first-order valence-corrected chi connectivity index (χ1v) is 8.20. The Morgan fingerprint density at radius 1 is 1.26 bits per heavy atom.